The standard InChI is InChI=1S/C30H30N4O4.As/c1-15-9-20-12-25-17(3)21(5-7-29(35)36)27(33-25)14-28-22(6-8-30(37)38)18(4)26(34-28)13-24-16(2)10-19(32-24)11-23(15)31-20;/h9-14,31,33H,5-8H2,1-4H3,(H,35,36)(H,37,38);. The van der Waals surface area contributed by atoms with Crippen LogP contribution in [0.5, 0.6) is 0 Å². The maximum atomic E-state index is 11.4. The monoisotopic (exact) mass is 585 g/mol. The Hall–Kier alpha value is -3.90. The smallest absolute Gasteiger partial charge is 0.303 e. The number of H-pyrrole nitrogens is 2. The number of hydrogen-bond acceptors (Lipinski definition) is 4. The molecule has 3 aromatic rings. The quantitative estimate of drug-likeness (QED) is 0.266. The Kier molecular flexibility index (Phi) is 7.98. The van der Waals surface area contributed by atoms with Gasteiger partial charge in [-0.15, -0.1) is 0 Å². The van der Waals surface area contributed by atoms with Crippen LogP contribution in [0.1, 0.15) is 72.6 Å². The number of aliphatic carboxylic acids is 2. The molecule has 199 valence electrons. The first kappa shape index (κ1) is 28.1. The van der Waals surface area contributed by atoms with Crippen molar-refractivity contribution in [3.05, 3.63) is 69.8 Å². The number of nitrogens with zero attached hydrogens (tertiary/aromatic N) is 2. The molecule has 4 N–H and O–H groups in total. The average molecular weight is 586 g/mol. The van der Waals surface area contributed by atoms with E-state index in [0.29, 0.717) is 18.5 Å². The maximum Gasteiger partial charge on any atom is 0.303 e. The molecule has 3 aromatic heterocycles. The van der Waals surface area contributed by atoms with Crippen LogP contribution in [0.25, 0.3) is 44.9 Å². The molecule has 3 radical (unpaired) electrons. The molecule has 0 saturated carbocycles. The van der Waals surface area contributed by atoms with Crippen molar-refractivity contribution in [3.63, 3.8) is 0 Å². The summed E-state index contributed by atoms with van der Waals surface area (Å²) in [5.41, 5.74) is 12.4. The Morgan fingerprint density at radius 1 is 0.769 bits per heavy atom. The predicted octanol–water partition coefficient (Wildman–Crippen LogP) is 5.92. The second-order valence-electron chi connectivity index (χ2n) is 9.98. The van der Waals surface area contributed by atoms with Crippen LogP contribution in [0, 0.1) is 13.8 Å². The molecule has 0 spiro atoms. The molecule has 0 unspecified atom stereocenters. The van der Waals surface area contributed by atoms with Gasteiger partial charge in [-0.3, -0.25) is 9.59 Å². The molecule has 8 nitrogen and oxygen atoms in total. The van der Waals surface area contributed by atoms with Gasteiger partial charge < -0.3 is 20.2 Å². The summed E-state index contributed by atoms with van der Waals surface area (Å²) >= 11 is 0. The molecule has 2 aliphatic heterocycles. The molecule has 0 aliphatic carbocycles. The van der Waals surface area contributed by atoms with E-state index in [2.05, 4.69) is 16.0 Å². The summed E-state index contributed by atoms with van der Waals surface area (Å²) in [6.07, 6.45) is 2.74. The maximum absolute atomic E-state index is 11.4. The largest absolute Gasteiger partial charge is 0.481 e. The van der Waals surface area contributed by atoms with E-state index >= 15 is 0 Å². The van der Waals surface area contributed by atoms with E-state index in [0.717, 1.165) is 72.6 Å². The first-order chi connectivity index (χ1) is 18.1. The summed E-state index contributed by atoms with van der Waals surface area (Å²) in [5, 5.41) is 18.7. The molecule has 5 heterocycles. The van der Waals surface area contributed by atoms with Gasteiger partial charge in [-0.05, 0) is 110 Å². The van der Waals surface area contributed by atoms with Gasteiger partial charge in [0, 0.05) is 52.9 Å². The number of nitrogens with one attached hydrogen (secondary N) is 2. The zero-order valence-corrected chi connectivity index (χ0v) is 24.2. The third kappa shape index (κ3) is 5.76. The van der Waals surface area contributed by atoms with E-state index < -0.39 is 11.9 Å². The molecule has 9 heteroatoms. The van der Waals surface area contributed by atoms with E-state index in [1.165, 1.54) is 0 Å². The predicted molar refractivity (Wildman–Crippen MR) is 155 cm³/mol. The number of allylic oxidation sites excluding steroid dienone is 3. The number of carboxylic acids is 2. The minimum Gasteiger partial charge on any atom is -0.481 e. The van der Waals surface area contributed by atoms with E-state index in [4.69, 9.17) is 9.97 Å². The third-order valence-corrected chi connectivity index (χ3v) is 7.26. The van der Waals surface area contributed by atoms with Crippen molar-refractivity contribution in [2.45, 2.75) is 53.4 Å². The zero-order chi connectivity index (χ0) is 27.1. The van der Waals surface area contributed by atoms with Gasteiger partial charge in [0.05, 0.1) is 22.8 Å². The fraction of sp³-hybridized carbons (Fsp3) is 0.267. The van der Waals surface area contributed by atoms with Gasteiger partial charge in [0.2, 0.25) is 0 Å². The number of fused-ring (bicyclic) bond motifs is 8. The Balaban J connectivity index is 0.00000353. The van der Waals surface area contributed by atoms with Crippen LogP contribution in [0.3, 0.4) is 0 Å². The second-order valence-corrected chi connectivity index (χ2v) is 9.98. The van der Waals surface area contributed by atoms with Crippen LogP contribution in [0.2, 0.25) is 0 Å². The minimum atomic E-state index is -0.871. The fourth-order valence-electron chi connectivity index (χ4n) is 5.11. The summed E-state index contributed by atoms with van der Waals surface area (Å²) in [6.45, 7) is 8.01. The van der Waals surface area contributed by atoms with Crippen molar-refractivity contribution < 1.29 is 19.8 Å². The number of hydrogen-bond donors (Lipinski definition) is 4. The molecule has 0 aromatic carbocycles. The molecule has 0 amide bonds. The molecule has 5 rings (SSSR count). The van der Waals surface area contributed by atoms with Crippen LogP contribution < -0.4 is 0 Å². The molecule has 0 atom stereocenters. The molecule has 39 heavy (non-hydrogen) atoms. The number of carboxylic acid groups (broad SMARTS) is 2. The Labute approximate surface area is 237 Å². The molecular formula is C30H30AsN4O4. The first-order valence-corrected chi connectivity index (χ1v) is 12.6. The first-order valence-electron chi connectivity index (χ1n) is 12.6. The fourth-order valence-corrected chi connectivity index (χ4v) is 5.11. The van der Waals surface area contributed by atoms with E-state index in [1.54, 1.807) is 0 Å². The van der Waals surface area contributed by atoms with Crippen LogP contribution in [-0.2, 0) is 16.0 Å². The number of aryl methyl sites for hydroxylation is 3. The summed E-state index contributed by atoms with van der Waals surface area (Å²) in [4.78, 5) is 39.5. The second kappa shape index (κ2) is 11.1. The van der Waals surface area contributed by atoms with Gasteiger partial charge in [0.25, 0.3) is 0 Å². The molecule has 0 fully saturated rings. The van der Waals surface area contributed by atoms with Crippen LogP contribution in [-0.4, -0.2) is 60.0 Å². The Bertz CT molecular complexity index is 1730. The molecular weight excluding hydrogens is 555 g/mol. The van der Waals surface area contributed by atoms with Gasteiger partial charge in [-0.2, -0.15) is 0 Å². The van der Waals surface area contributed by atoms with Crippen LogP contribution in [0.4, 0.5) is 0 Å². The van der Waals surface area contributed by atoms with Gasteiger partial charge in [-0.25, -0.2) is 9.97 Å². The van der Waals surface area contributed by atoms with Crippen LogP contribution >= 0.6 is 0 Å². The summed E-state index contributed by atoms with van der Waals surface area (Å²) in [5.74, 6) is -1.73. The summed E-state index contributed by atoms with van der Waals surface area (Å²) in [6, 6.07) is 10.00. The Morgan fingerprint density at radius 3 is 2.21 bits per heavy atom. The number of carbonyl (C=O) groups is 2. The van der Waals surface area contributed by atoms with Crippen LogP contribution in [0.15, 0.2) is 30.3 Å². The average Bonchev–Trinajstić information content (AvgIpc) is 3.53. The van der Waals surface area contributed by atoms with Gasteiger partial charge in [0.1, 0.15) is 0 Å². The van der Waals surface area contributed by atoms with Crippen molar-refractivity contribution in [1.82, 2.24) is 19.9 Å². The minimum absolute atomic E-state index is 0. The van der Waals surface area contributed by atoms with E-state index in [-0.39, 0.29) is 30.8 Å². The van der Waals surface area contributed by atoms with Gasteiger partial charge in [0.15, 0.2) is 0 Å². The molecule has 8 bridgehead atoms. The zero-order valence-electron chi connectivity index (χ0n) is 22.3. The molecule has 0 saturated heterocycles. The van der Waals surface area contributed by atoms with E-state index in [1.807, 2.05) is 58.0 Å². The number of aromatic nitrogens is 4. The topological polar surface area (TPSA) is 132 Å². The summed E-state index contributed by atoms with van der Waals surface area (Å²) in [7, 11) is 0. The summed E-state index contributed by atoms with van der Waals surface area (Å²) < 4.78 is 0. The van der Waals surface area contributed by atoms with Crippen molar-refractivity contribution in [1.29, 1.82) is 0 Å². The van der Waals surface area contributed by atoms with E-state index in [9.17, 15) is 19.8 Å². The Morgan fingerprint density at radius 2 is 1.49 bits per heavy atom. The SMILES string of the molecule is CC1=Cc2cc3[nH]c(cc3C)cc3[nH]c(cc4nc(cc1n2)C(C)=C4CCC(=O)O)c(CCC(=O)O)c3C.[As]. The van der Waals surface area contributed by atoms with Gasteiger partial charge in [-0.1, -0.05) is 0 Å². The van der Waals surface area contributed by atoms with Crippen molar-refractivity contribution in [2.24, 2.45) is 0 Å². The van der Waals surface area contributed by atoms with Crippen molar-refractivity contribution >= 4 is 74.8 Å². The van der Waals surface area contributed by atoms with Gasteiger partial charge >= 0.3 is 11.9 Å². The number of aromatic amines is 2. The molecule has 2 aliphatic rings. The normalized spacial score (nSPS) is 12.8. The number of rotatable bonds is 6. The van der Waals surface area contributed by atoms with Crippen molar-refractivity contribution in [3.8, 4) is 0 Å². The third-order valence-electron chi connectivity index (χ3n) is 7.26. The van der Waals surface area contributed by atoms with Crippen molar-refractivity contribution in [2.75, 3.05) is 0 Å².